The third-order valence-electron chi connectivity index (χ3n) is 1.27. The second-order valence-electron chi connectivity index (χ2n) is 2.01. The number of carbonyl (C=O) groups is 1. The fourth-order valence-electron chi connectivity index (χ4n) is 0.680. The van der Waals surface area contributed by atoms with E-state index in [1.54, 1.807) is 0 Å². The Kier molecular flexibility index (Phi) is 4.62. The van der Waals surface area contributed by atoms with Gasteiger partial charge in [-0.05, 0) is 6.42 Å². The van der Waals surface area contributed by atoms with Gasteiger partial charge >= 0.3 is 5.97 Å². The van der Waals surface area contributed by atoms with Gasteiger partial charge in [-0.25, -0.2) is 0 Å². The highest BCUT2D eigenvalue weighted by Crippen LogP contribution is 2.18. The smallest absolute Gasteiger partial charge is 0.319 e. The lowest BCUT2D eigenvalue weighted by molar-refractivity contribution is -0.141. The van der Waals surface area contributed by atoms with Gasteiger partial charge in [0.15, 0.2) is 0 Å². The van der Waals surface area contributed by atoms with E-state index in [0.717, 1.165) is 6.26 Å². The zero-order chi connectivity index (χ0) is 8.85. The van der Waals surface area contributed by atoms with Gasteiger partial charge in [-0.15, -0.1) is 0 Å². The summed E-state index contributed by atoms with van der Waals surface area (Å²) in [4.78, 5) is 11.0. The number of esters is 1. The summed E-state index contributed by atoms with van der Waals surface area (Å²) >= 11 is 5.54. The number of ether oxygens (including phenoxy) is 1. The molecule has 0 bridgehead atoms. The van der Waals surface area contributed by atoms with E-state index in [1.807, 2.05) is 6.92 Å². The largest absolute Gasteiger partial charge is 0.435 e. The fourth-order valence-corrected chi connectivity index (χ4v) is 0.924. The summed E-state index contributed by atoms with van der Waals surface area (Å²) in [6, 6.07) is 0. The summed E-state index contributed by atoms with van der Waals surface area (Å²) in [5.41, 5.74) is 0. The highest BCUT2D eigenvalue weighted by atomic mass is 35.5. The second-order valence-corrected chi connectivity index (χ2v) is 2.50. The first-order chi connectivity index (χ1) is 5.13. The lowest BCUT2D eigenvalue weighted by Crippen LogP contribution is -2.14. The summed E-state index contributed by atoms with van der Waals surface area (Å²) in [5.74, 6) is -0.822. The van der Waals surface area contributed by atoms with Gasteiger partial charge in [-0.3, -0.25) is 4.79 Å². The first-order valence-corrected chi connectivity index (χ1v) is 3.67. The molecule has 0 N–H and O–H groups in total. The van der Waals surface area contributed by atoms with Crippen molar-refractivity contribution in [2.24, 2.45) is 5.92 Å². The van der Waals surface area contributed by atoms with Crippen LogP contribution in [-0.4, -0.2) is 5.97 Å². The van der Waals surface area contributed by atoms with Crippen LogP contribution in [-0.2, 0) is 9.53 Å². The van der Waals surface area contributed by atoms with Crippen LogP contribution >= 0.6 is 11.6 Å². The maximum Gasteiger partial charge on any atom is 0.319 e. The highest BCUT2D eigenvalue weighted by molar-refractivity contribution is 6.30. The number of carbonyl (C=O) groups excluding carboxylic acids is 1. The molecule has 0 rings (SSSR count). The Balaban J connectivity index is 4.13. The van der Waals surface area contributed by atoms with Crippen molar-refractivity contribution in [3.63, 3.8) is 0 Å². The van der Waals surface area contributed by atoms with Crippen LogP contribution in [0.25, 0.3) is 0 Å². The van der Waals surface area contributed by atoms with E-state index < -0.39 is 11.9 Å². The summed E-state index contributed by atoms with van der Waals surface area (Å²) in [6.07, 6.45) is 1.68. The van der Waals surface area contributed by atoms with Gasteiger partial charge in [0.2, 0.25) is 0 Å². The van der Waals surface area contributed by atoms with Crippen molar-refractivity contribution < 1.29 is 9.53 Å². The molecule has 0 aliphatic carbocycles. The predicted molar refractivity (Wildman–Crippen MR) is 45.1 cm³/mol. The third kappa shape index (κ3) is 3.23. The van der Waals surface area contributed by atoms with Crippen LogP contribution < -0.4 is 0 Å². The molecule has 0 fully saturated rings. The summed E-state index contributed by atoms with van der Waals surface area (Å²) in [5, 5.41) is 0.305. The zero-order valence-electron chi connectivity index (χ0n) is 6.47. The number of rotatable bonds is 4. The minimum Gasteiger partial charge on any atom is -0.435 e. The first kappa shape index (κ1) is 10.2. The fraction of sp³-hybridized carbons (Fsp3) is 0.375. The number of halogens is 1. The topological polar surface area (TPSA) is 26.3 Å². The van der Waals surface area contributed by atoms with Gasteiger partial charge in [-0.1, -0.05) is 31.7 Å². The van der Waals surface area contributed by atoms with Crippen LogP contribution in [0.4, 0.5) is 0 Å². The van der Waals surface area contributed by atoms with E-state index in [-0.39, 0.29) is 0 Å². The van der Waals surface area contributed by atoms with E-state index >= 15 is 0 Å². The molecule has 0 aromatic rings. The highest BCUT2D eigenvalue weighted by Gasteiger charge is 2.18. The Morgan fingerprint density at radius 2 is 2.36 bits per heavy atom. The minimum atomic E-state index is -0.422. The molecular formula is C8H11ClO2. The van der Waals surface area contributed by atoms with Gasteiger partial charge in [0.1, 0.15) is 0 Å². The molecule has 11 heavy (non-hydrogen) atoms. The van der Waals surface area contributed by atoms with Gasteiger partial charge in [0.25, 0.3) is 0 Å². The Bertz CT molecular complexity index is 175. The first-order valence-electron chi connectivity index (χ1n) is 3.29. The number of hydrogen-bond donors (Lipinski definition) is 0. The average molecular weight is 175 g/mol. The van der Waals surface area contributed by atoms with E-state index in [9.17, 15) is 4.79 Å². The van der Waals surface area contributed by atoms with Crippen molar-refractivity contribution in [1.82, 2.24) is 0 Å². The van der Waals surface area contributed by atoms with Crippen molar-refractivity contribution in [2.75, 3.05) is 0 Å². The molecule has 0 spiro atoms. The van der Waals surface area contributed by atoms with Crippen LogP contribution in [0.3, 0.4) is 0 Å². The van der Waals surface area contributed by atoms with Crippen LogP contribution in [0.5, 0.6) is 0 Å². The Morgan fingerprint density at radius 1 is 1.82 bits per heavy atom. The zero-order valence-corrected chi connectivity index (χ0v) is 7.23. The molecule has 0 aliphatic rings. The molecule has 1 unspecified atom stereocenters. The van der Waals surface area contributed by atoms with Crippen molar-refractivity contribution in [2.45, 2.75) is 13.3 Å². The molecule has 3 heteroatoms. The predicted octanol–water partition coefficient (Wildman–Crippen LogP) is 2.45. The average Bonchev–Trinajstić information content (AvgIpc) is 1.88. The van der Waals surface area contributed by atoms with E-state index in [2.05, 4.69) is 17.9 Å². The SMILES string of the molecule is C=COC(=O)C(CC)C(=C)Cl. The van der Waals surface area contributed by atoms with Crippen molar-refractivity contribution in [3.05, 3.63) is 24.5 Å². The molecule has 0 amide bonds. The van der Waals surface area contributed by atoms with Crippen LogP contribution in [0, 0.1) is 5.92 Å². The minimum absolute atomic E-state index is 0.305. The molecule has 2 nitrogen and oxygen atoms in total. The molecule has 0 saturated heterocycles. The maximum absolute atomic E-state index is 11.0. The van der Waals surface area contributed by atoms with E-state index in [4.69, 9.17) is 11.6 Å². The van der Waals surface area contributed by atoms with E-state index in [0.29, 0.717) is 11.5 Å². The molecule has 62 valence electrons. The second kappa shape index (κ2) is 4.97. The van der Waals surface area contributed by atoms with Crippen molar-refractivity contribution in [1.29, 1.82) is 0 Å². The summed E-state index contributed by atoms with van der Waals surface area (Å²) < 4.78 is 4.54. The molecule has 0 heterocycles. The van der Waals surface area contributed by atoms with Gasteiger partial charge < -0.3 is 4.74 Å². The Hall–Kier alpha value is -0.760. The van der Waals surface area contributed by atoms with Gasteiger partial charge in [-0.2, -0.15) is 0 Å². The van der Waals surface area contributed by atoms with Gasteiger partial charge in [0, 0.05) is 5.03 Å². The molecule has 0 aliphatic heterocycles. The lowest BCUT2D eigenvalue weighted by atomic mass is 10.1. The molecule has 0 saturated carbocycles. The monoisotopic (exact) mass is 174 g/mol. The van der Waals surface area contributed by atoms with Gasteiger partial charge in [0.05, 0.1) is 12.2 Å². The summed E-state index contributed by atoms with van der Waals surface area (Å²) in [7, 11) is 0. The van der Waals surface area contributed by atoms with Crippen molar-refractivity contribution >= 4 is 17.6 Å². The lowest BCUT2D eigenvalue weighted by Gasteiger charge is -2.09. The Morgan fingerprint density at radius 3 is 2.64 bits per heavy atom. The standard InChI is InChI=1S/C8H11ClO2/c1-4-7(6(3)9)8(10)11-5-2/h5,7H,2-4H2,1H3. The Labute approximate surface area is 71.5 Å². The number of hydrogen-bond acceptors (Lipinski definition) is 2. The quantitative estimate of drug-likeness (QED) is 0.484. The van der Waals surface area contributed by atoms with Crippen LogP contribution in [0.2, 0.25) is 0 Å². The molecule has 0 aromatic carbocycles. The molecule has 0 aromatic heterocycles. The van der Waals surface area contributed by atoms with Crippen molar-refractivity contribution in [3.8, 4) is 0 Å². The third-order valence-corrected chi connectivity index (χ3v) is 1.53. The molecule has 0 radical (unpaired) electrons. The van der Waals surface area contributed by atoms with Crippen LogP contribution in [0.15, 0.2) is 24.5 Å². The maximum atomic E-state index is 11.0. The van der Waals surface area contributed by atoms with E-state index in [1.165, 1.54) is 0 Å². The normalized spacial score (nSPS) is 11.8. The van der Waals surface area contributed by atoms with Crippen LogP contribution in [0.1, 0.15) is 13.3 Å². The molecule has 1 atom stereocenters. The molecular weight excluding hydrogens is 164 g/mol. The summed E-state index contributed by atoms with van der Waals surface area (Å²) in [6.45, 7) is 8.56.